The third kappa shape index (κ3) is 5.00. The van der Waals surface area contributed by atoms with Gasteiger partial charge in [0.2, 0.25) is 5.91 Å². The van der Waals surface area contributed by atoms with Gasteiger partial charge in [-0.1, -0.05) is 28.1 Å². The summed E-state index contributed by atoms with van der Waals surface area (Å²) in [5, 5.41) is 11.5. The van der Waals surface area contributed by atoms with Crippen molar-refractivity contribution in [1.82, 2.24) is 5.32 Å². The molecule has 1 aliphatic rings. The first-order chi connectivity index (χ1) is 13.9. The summed E-state index contributed by atoms with van der Waals surface area (Å²) in [6.07, 6.45) is 0.559. The maximum Gasteiger partial charge on any atom is 0.414 e. The van der Waals surface area contributed by atoms with Crippen LogP contribution in [-0.4, -0.2) is 31.2 Å². The number of ether oxygens (including phenoxy) is 1. The highest BCUT2D eigenvalue weighted by atomic mass is 79.9. The lowest BCUT2D eigenvalue weighted by Crippen LogP contribution is -2.33. The molecule has 1 fully saturated rings. The topological polar surface area (TPSA) is 82.4 Å². The average Bonchev–Trinajstić information content (AvgIpc) is 3.08. The molecule has 2 amide bonds. The Bertz CT molecular complexity index is 1010. The van der Waals surface area contributed by atoms with Crippen LogP contribution in [-0.2, 0) is 9.53 Å². The number of rotatable bonds is 5. The van der Waals surface area contributed by atoms with Crippen molar-refractivity contribution in [2.24, 2.45) is 0 Å². The van der Waals surface area contributed by atoms with Gasteiger partial charge in [0.1, 0.15) is 11.9 Å². The zero-order valence-electron chi connectivity index (χ0n) is 15.5. The first-order valence-electron chi connectivity index (χ1n) is 8.77. The SMILES string of the molecule is CC(=O)NC[C@H]1CN(c2ccc(/C=C(\Br)c3ccc(C#N)cc3)c(F)c2)C(=O)O1. The van der Waals surface area contributed by atoms with Crippen LogP contribution in [0.25, 0.3) is 10.6 Å². The molecular formula is C21H17BrFN3O3. The quantitative estimate of drug-likeness (QED) is 0.686. The highest BCUT2D eigenvalue weighted by Gasteiger charge is 2.32. The number of carbonyl (C=O) groups is 2. The lowest BCUT2D eigenvalue weighted by Gasteiger charge is -2.14. The molecule has 1 atom stereocenters. The Morgan fingerprint density at radius 1 is 1.38 bits per heavy atom. The number of halogens is 2. The maximum absolute atomic E-state index is 14.6. The van der Waals surface area contributed by atoms with Crippen molar-refractivity contribution >= 4 is 44.2 Å². The van der Waals surface area contributed by atoms with E-state index in [1.54, 1.807) is 42.5 Å². The number of nitrogens with one attached hydrogen (secondary N) is 1. The molecule has 0 unspecified atom stereocenters. The van der Waals surface area contributed by atoms with Gasteiger partial charge in [0.15, 0.2) is 0 Å². The fraction of sp³-hybridized carbons (Fsp3) is 0.190. The highest BCUT2D eigenvalue weighted by molar-refractivity contribution is 9.15. The van der Waals surface area contributed by atoms with Gasteiger partial charge in [-0.05, 0) is 42.0 Å². The van der Waals surface area contributed by atoms with Crippen LogP contribution < -0.4 is 10.2 Å². The van der Waals surface area contributed by atoms with Crippen LogP contribution in [0.4, 0.5) is 14.9 Å². The molecule has 0 bridgehead atoms. The molecule has 0 aliphatic carbocycles. The van der Waals surface area contributed by atoms with Crippen molar-refractivity contribution in [3.8, 4) is 6.07 Å². The van der Waals surface area contributed by atoms with Gasteiger partial charge in [0, 0.05) is 17.0 Å². The van der Waals surface area contributed by atoms with Crippen molar-refractivity contribution in [1.29, 1.82) is 5.26 Å². The highest BCUT2D eigenvalue weighted by Crippen LogP contribution is 2.28. The minimum Gasteiger partial charge on any atom is -0.442 e. The first-order valence-corrected chi connectivity index (χ1v) is 9.56. The van der Waals surface area contributed by atoms with E-state index >= 15 is 0 Å². The zero-order chi connectivity index (χ0) is 21.0. The van der Waals surface area contributed by atoms with Crippen molar-refractivity contribution in [2.45, 2.75) is 13.0 Å². The number of nitrogens with zero attached hydrogens (tertiary/aromatic N) is 2. The fourth-order valence-corrected chi connectivity index (χ4v) is 3.33. The Morgan fingerprint density at radius 3 is 2.72 bits per heavy atom. The van der Waals surface area contributed by atoms with Crippen LogP contribution in [0.2, 0.25) is 0 Å². The molecule has 8 heteroatoms. The van der Waals surface area contributed by atoms with E-state index in [1.807, 2.05) is 6.07 Å². The van der Waals surface area contributed by atoms with E-state index in [1.165, 1.54) is 17.9 Å². The molecule has 1 heterocycles. The number of cyclic esters (lactones) is 1. The van der Waals surface area contributed by atoms with Crippen LogP contribution >= 0.6 is 15.9 Å². The van der Waals surface area contributed by atoms with Crippen LogP contribution in [0.15, 0.2) is 42.5 Å². The summed E-state index contributed by atoms with van der Waals surface area (Å²) < 4.78 is 20.5. The fourth-order valence-electron chi connectivity index (χ4n) is 2.82. The monoisotopic (exact) mass is 457 g/mol. The van der Waals surface area contributed by atoms with Gasteiger partial charge in [0.25, 0.3) is 0 Å². The molecule has 0 aromatic heterocycles. The number of amides is 2. The summed E-state index contributed by atoms with van der Waals surface area (Å²) in [5.74, 6) is -0.708. The molecule has 1 N–H and O–H groups in total. The third-order valence-corrected chi connectivity index (χ3v) is 5.01. The Labute approximate surface area is 175 Å². The second-order valence-electron chi connectivity index (χ2n) is 6.44. The van der Waals surface area contributed by atoms with E-state index in [4.69, 9.17) is 10.00 Å². The molecule has 2 aromatic rings. The number of benzene rings is 2. The molecule has 148 valence electrons. The standard InChI is InChI=1S/C21H17BrFN3O3/c1-13(27)25-11-18-12-26(21(28)29-18)17-7-6-16(20(23)9-17)8-19(22)15-4-2-14(10-24)3-5-15/h2-9,18H,11-12H2,1H3,(H,25,27)/b19-8-/t18-/m0/s1. The molecule has 29 heavy (non-hydrogen) atoms. The predicted octanol–water partition coefficient (Wildman–Crippen LogP) is 4.05. The normalized spacial score (nSPS) is 16.3. The number of anilines is 1. The molecule has 0 spiro atoms. The van der Waals surface area contributed by atoms with E-state index in [9.17, 15) is 14.0 Å². The molecule has 0 saturated carbocycles. The summed E-state index contributed by atoms with van der Waals surface area (Å²) in [7, 11) is 0. The third-order valence-electron chi connectivity index (χ3n) is 4.32. The number of nitriles is 1. The smallest absolute Gasteiger partial charge is 0.414 e. The molecule has 1 saturated heterocycles. The summed E-state index contributed by atoms with van der Waals surface area (Å²) in [6.45, 7) is 1.81. The van der Waals surface area contributed by atoms with Crippen molar-refractivity contribution < 1.29 is 18.7 Å². The molecule has 3 rings (SSSR count). The van der Waals surface area contributed by atoms with Gasteiger partial charge in [-0.25, -0.2) is 9.18 Å². The van der Waals surface area contributed by atoms with E-state index < -0.39 is 18.0 Å². The minimum absolute atomic E-state index is 0.207. The summed E-state index contributed by atoms with van der Waals surface area (Å²) in [6, 6.07) is 13.4. The Kier molecular flexibility index (Phi) is 6.29. The van der Waals surface area contributed by atoms with Gasteiger partial charge in [-0.2, -0.15) is 5.26 Å². The molecule has 2 aromatic carbocycles. The van der Waals surface area contributed by atoms with Crippen LogP contribution in [0, 0.1) is 17.1 Å². The molecule has 6 nitrogen and oxygen atoms in total. The molecule has 1 aliphatic heterocycles. The number of hydrogen-bond acceptors (Lipinski definition) is 4. The minimum atomic E-state index is -0.582. The lowest BCUT2D eigenvalue weighted by atomic mass is 10.1. The van der Waals surface area contributed by atoms with E-state index in [-0.39, 0.29) is 19.0 Å². The largest absolute Gasteiger partial charge is 0.442 e. The van der Waals surface area contributed by atoms with Crippen LogP contribution in [0.5, 0.6) is 0 Å². The van der Waals surface area contributed by atoms with Gasteiger partial charge in [-0.15, -0.1) is 0 Å². The summed E-state index contributed by atoms with van der Waals surface area (Å²) in [5.41, 5.74) is 2.06. The van der Waals surface area contributed by atoms with Crippen molar-refractivity contribution in [3.63, 3.8) is 0 Å². The van der Waals surface area contributed by atoms with Gasteiger partial charge in [-0.3, -0.25) is 9.69 Å². The zero-order valence-corrected chi connectivity index (χ0v) is 17.1. The van der Waals surface area contributed by atoms with Crippen molar-refractivity contribution in [2.75, 3.05) is 18.0 Å². The first kappa shape index (κ1) is 20.6. The lowest BCUT2D eigenvalue weighted by molar-refractivity contribution is -0.119. The van der Waals surface area contributed by atoms with Crippen molar-refractivity contribution in [3.05, 3.63) is 65.0 Å². The Morgan fingerprint density at radius 2 is 2.10 bits per heavy atom. The second-order valence-corrected chi connectivity index (χ2v) is 7.30. The maximum atomic E-state index is 14.6. The number of carbonyl (C=O) groups excluding carboxylic acids is 2. The number of hydrogen-bond donors (Lipinski definition) is 1. The van der Waals surface area contributed by atoms with E-state index in [2.05, 4.69) is 21.2 Å². The van der Waals surface area contributed by atoms with Crippen LogP contribution in [0.3, 0.4) is 0 Å². The Balaban J connectivity index is 1.75. The average molecular weight is 458 g/mol. The second kappa shape index (κ2) is 8.88. The van der Waals surface area contributed by atoms with E-state index in [0.29, 0.717) is 21.3 Å². The van der Waals surface area contributed by atoms with Gasteiger partial charge in [0.05, 0.1) is 30.4 Å². The molecule has 0 radical (unpaired) electrons. The summed E-state index contributed by atoms with van der Waals surface area (Å²) >= 11 is 3.43. The predicted molar refractivity (Wildman–Crippen MR) is 111 cm³/mol. The Hall–Kier alpha value is -3.18. The van der Waals surface area contributed by atoms with Crippen LogP contribution in [0.1, 0.15) is 23.6 Å². The molecular weight excluding hydrogens is 441 g/mol. The van der Waals surface area contributed by atoms with Gasteiger partial charge >= 0.3 is 6.09 Å². The summed E-state index contributed by atoms with van der Waals surface area (Å²) in [4.78, 5) is 24.4. The van der Waals surface area contributed by atoms with Gasteiger partial charge < -0.3 is 10.1 Å². The van der Waals surface area contributed by atoms with E-state index in [0.717, 1.165) is 5.56 Å².